The van der Waals surface area contributed by atoms with Crippen LogP contribution in [0.1, 0.15) is 12.0 Å². The first-order chi connectivity index (χ1) is 9.58. The minimum Gasteiger partial charge on any atom is -0.497 e. The van der Waals surface area contributed by atoms with Crippen LogP contribution in [0.4, 0.5) is 0 Å². The summed E-state index contributed by atoms with van der Waals surface area (Å²) in [5, 5.41) is 2.89. The Bertz CT molecular complexity index is 484. The fourth-order valence-electron chi connectivity index (χ4n) is 2.34. The number of nitrogens with one attached hydrogen (secondary N) is 1. The maximum absolute atomic E-state index is 11.8. The molecule has 1 aliphatic heterocycles. The second kappa shape index (κ2) is 6.41. The van der Waals surface area contributed by atoms with Gasteiger partial charge in [-0.1, -0.05) is 12.1 Å². The standard InChI is InChI=1S/C15H20N2O3/c1-17-10-12(8-15(17)19)9-16-14(18)7-11-3-5-13(20-2)6-4-11/h3-6,12H,7-10H2,1-2H3,(H,16,18). The zero-order valence-electron chi connectivity index (χ0n) is 11.9. The number of rotatable bonds is 5. The molecular formula is C15H20N2O3. The van der Waals surface area contributed by atoms with Gasteiger partial charge in [0.25, 0.3) is 0 Å². The molecule has 5 nitrogen and oxygen atoms in total. The summed E-state index contributed by atoms with van der Waals surface area (Å²) in [4.78, 5) is 24.9. The summed E-state index contributed by atoms with van der Waals surface area (Å²) >= 11 is 0. The number of nitrogens with zero attached hydrogens (tertiary/aromatic N) is 1. The number of likely N-dealkylation sites (tertiary alicyclic amines) is 1. The molecule has 108 valence electrons. The highest BCUT2D eigenvalue weighted by molar-refractivity contribution is 5.80. The first-order valence-corrected chi connectivity index (χ1v) is 6.72. The van der Waals surface area contributed by atoms with Crippen molar-refractivity contribution in [3.8, 4) is 5.75 Å². The van der Waals surface area contributed by atoms with Crippen LogP contribution in [0.15, 0.2) is 24.3 Å². The number of carbonyl (C=O) groups is 2. The van der Waals surface area contributed by atoms with E-state index in [0.29, 0.717) is 19.4 Å². The normalized spacial score (nSPS) is 18.2. The molecule has 1 unspecified atom stereocenters. The summed E-state index contributed by atoms with van der Waals surface area (Å²) in [6, 6.07) is 7.44. The number of hydrogen-bond acceptors (Lipinski definition) is 3. The van der Waals surface area contributed by atoms with Gasteiger partial charge in [-0.05, 0) is 17.7 Å². The van der Waals surface area contributed by atoms with E-state index < -0.39 is 0 Å². The summed E-state index contributed by atoms with van der Waals surface area (Å²) < 4.78 is 5.07. The summed E-state index contributed by atoms with van der Waals surface area (Å²) in [6.45, 7) is 1.28. The van der Waals surface area contributed by atoms with Crippen LogP contribution in [-0.2, 0) is 16.0 Å². The SMILES string of the molecule is COc1ccc(CC(=O)NCC2CC(=O)N(C)C2)cc1. The van der Waals surface area contributed by atoms with Crippen LogP contribution in [0.3, 0.4) is 0 Å². The van der Waals surface area contributed by atoms with Crippen molar-refractivity contribution in [2.45, 2.75) is 12.8 Å². The third kappa shape index (κ3) is 3.73. The van der Waals surface area contributed by atoms with Crippen molar-refractivity contribution in [2.24, 2.45) is 5.92 Å². The Morgan fingerprint density at radius 3 is 2.65 bits per heavy atom. The molecule has 1 aromatic carbocycles. The number of hydrogen-bond donors (Lipinski definition) is 1. The quantitative estimate of drug-likeness (QED) is 0.866. The van der Waals surface area contributed by atoms with Crippen molar-refractivity contribution < 1.29 is 14.3 Å². The van der Waals surface area contributed by atoms with Gasteiger partial charge in [-0.25, -0.2) is 0 Å². The molecule has 0 saturated carbocycles. The average molecular weight is 276 g/mol. The predicted octanol–water partition coefficient (Wildman–Crippen LogP) is 0.832. The average Bonchev–Trinajstić information content (AvgIpc) is 2.76. The predicted molar refractivity (Wildman–Crippen MR) is 75.5 cm³/mol. The fraction of sp³-hybridized carbons (Fsp3) is 0.467. The summed E-state index contributed by atoms with van der Waals surface area (Å²) in [6.07, 6.45) is 0.875. The van der Waals surface area contributed by atoms with Gasteiger partial charge in [0, 0.05) is 32.5 Å². The number of carbonyl (C=O) groups excluding carboxylic acids is 2. The highest BCUT2D eigenvalue weighted by Gasteiger charge is 2.26. The molecule has 0 aliphatic carbocycles. The maximum Gasteiger partial charge on any atom is 0.224 e. The topological polar surface area (TPSA) is 58.6 Å². The molecule has 1 fully saturated rings. The molecule has 1 N–H and O–H groups in total. The van der Waals surface area contributed by atoms with Crippen molar-refractivity contribution in [2.75, 3.05) is 27.2 Å². The van der Waals surface area contributed by atoms with Crippen LogP contribution in [0.25, 0.3) is 0 Å². The van der Waals surface area contributed by atoms with E-state index >= 15 is 0 Å². The Balaban J connectivity index is 1.76. The molecule has 2 rings (SSSR count). The summed E-state index contributed by atoms with van der Waals surface area (Å²) in [5.41, 5.74) is 0.947. The van der Waals surface area contributed by atoms with Gasteiger partial charge in [-0.3, -0.25) is 9.59 Å². The molecule has 1 saturated heterocycles. The molecule has 1 aliphatic rings. The lowest BCUT2D eigenvalue weighted by Gasteiger charge is -2.11. The summed E-state index contributed by atoms with van der Waals surface area (Å²) in [5.74, 6) is 1.14. The van der Waals surface area contributed by atoms with Crippen LogP contribution in [0, 0.1) is 5.92 Å². The van der Waals surface area contributed by atoms with Gasteiger partial charge < -0.3 is 15.0 Å². The molecule has 1 aromatic rings. The van der Waals surface area contributed by atoms with Crippen molar-refractivity contribution in [1.29, 1.82) is 0 Å². The smallest absolute Gasteiger partial charge is 0.224 e. The molecular weight excluding hydrogens is 256 g/mol. The Morgan fingerprint density at radius 2 is 2.10 bits per heavy atom. The van der Waals surface area contributed by atoms with E-state index in [1.54, 1.807) is 19.1 Å². The first kappa shape index (κ1) is 14.4. The molecule has 1 atom stereocenters. The van der Waals surface area contributed by atoms with E-state index in [0.717, 1.165) is 17.9 Å². The highest BCUT2D eigenvalue weighted by atomic mass is 16.5. The van der Waals surface area contributed by atoms with Crippen LogP contribution < -0.4 is 10.1 Å². The lowest BCUT2D eigenvalue weighted by Crippen LogP contribution is -2.31. The molecule has 0 spiro atoms. The van der Waals surface area contributed by atoms with Crippen LogP contribution >= 0.6 is 0 Å². The molecule has 0 bridgehead atoms. The van der Waals surface area contributed by atoms with Crippen molar-refractivity contribution in [3.63, 3.8) is 0 Å². The second-order valence-electron chi connectivity index (χ2n) is 5.17. The Morgan fingerprint density at radius 1 is 1.40 bits per heavy atom. The molecule has 5 heteroatoms. The molecule has 0 aromatic heterocycles. The number of benzene rings is 1. The van der Waals surface area contributed by atoms with Crippen molar-refractivity contribution >= 4 is 11.8 Å². The van der Waals surface area contributed by atoms with Gasteiger partial charge >= 0.3 is 0 Å². The number of ether oxygens (including phenoxy) is 1. The van der Waals surface area contributed by atoms with Gasteiger partial charge in [-0.2, -0.15) is 0 Å². The third-order valence-electron chi connectivity index (χ3n) is 3.53. The van der Waals surface area contributed by atoms with Gasteiger partial charge in [-0.15, -0.1) is 0 Å². The van der Waals surface area contributed by atoms with Crippen molar-refractivity contribution in [1.82, 2.24) is 10.2 Å². The van der Waals surface area contributed by atoms with Gasteiger partial charge in [0.2, 0.25) is 11.8 Å². The first-order valence-electron chi connectivity index (χ1n) is 6.72. The van der Waals surface area contributed by atoms with E-state index in [-0.39, 0.29) is 17.7 Å². The number of methoxy groups -OCH3 is 1. The minimum absolute atomic E-state index is 0.0165. The van der Waals surface area contributed by atoms with E-state index in [1.165, 1.54) is 0 Å². The van der Waals surface area contributed by atoms with Gasteiger partial charge in [0.15, 0.2) is 0 Å². The molecule has 2 amide bonds. The Hall–Kier alpha value is -2.04. The van der Waals surface area contributed by atoms with E-state index in [2.05, 4.69) is 5.32 Å². The monoisotopic (exact) mass is 276 g/mol. The third-order valence-corrected chi connectivity index (χ3v) is 3.53. The van der Waals surface area contributed by atoms with Gasteiger partial charge in [0.1, 0.15) is 5.75 Å². The van der Waals surface area contributed by atoms with Crippen LogP contribution in [0.5, 0.6) is 5.75 Å². The zero-order chi connectivity index (χ0) is 14.5. The van der Waals surface area contributed by atoms with E-state index in [1.807, 2.05) is 24.3 Å². The molecule has 0 radical (unpaired) electrons. The summed E-state index contributed by atoms with van der Waals surface area (Å²) in [7, 11) is 3.41. The minimum atomic E-state index is -0.0165. The lowest BCUT2D eigenvalue weighted by molar-refractivity contribution is -0.126. The largest absolute Gasteiger partial charge is 0.497 e. The fourth-order valence-corrected chi connectivity index (χ4v) is 2.34. The van der Waals surface area contributed by atoms with Gasteiger partial charge in [0.05, 0.1) is 13.5 Å². The Kier molecular flexibility index (Phi) is 4.61. The van der Waals surface area contributed by atoms with Crippen molar-refractivity contribution in [3.05, 3.63) is 29.8 Å². The zero-order valence-corrected chi connectivity index (χ0v) is 11.9. The maximum atomic E-state index is 11.8. The van der Waals surface area contributed by atoms with Crippen LogP contribution in [-0.4, -0.2) is 44.0 Å². The second-order valence-corrected chi connectivity index (χ2v) is 5.17. The molecule has 1 heterocycles. The number of amides is 2. The Labute approximate surface area is 118 Å². The van der Waals surface area contributed by atoms with Crippen LogP contribution in [0.2, 0.25) is 0 Å². The van der Waals surface area contributed by atoms with E-state index in [4.69, 9.17) is 4.74 Å². The highest BCUT2D eigenvalue weighted by Crippen LogP contribution is 2.15. The molecule has 20 heavy (non-hydrogen) atoms. The lowest BCUT2D eigenvalue weighted by atomic mass is 10.1. The van der Waals surface area contributed by atoms with E-state index in [9.17, 15) is 9.59 Å².